The van der Waals surface area contributed by atoms with Gasteiger partial charge in [0.2, 0.25) is 0 Å². The first-order valence-electron chi connectivity index (χ1n) is 4.37. The summed E-state index contributed by atoms with van der Waals surface area (Å²) in [6.07, 6.45) is 0.0345. The Balaban J connectivity index is 4.25. The molecule has 1 atom stereocenters. The van der Waals surface area contributed by atoms with Crippen LogP contribution in [0.15, 0.2) is 0 Å². The van der Waals surface area contributed by atoms with Gasteiger partial charge >= 0.3 is 13.6 Å². The van der Waals surface area contributed by atoms with Crippen LogP contribution in [0.3, 0.4) is 0 Å². The first-order chi connectivity index (χ1) is 6.50. The number of hydrogen-bond acceptors (Lipinski definition) is 5. The minimum Gasteiger partial charge on any atom is -0.466 e. The summed E-state index contributed by atoms with van der Waals surface area (Å²) >= 11 is 0. The molecule has 0 saturated heterocycles. The molecule has 0 aliphatic heterocycles. The standard InChI is InChI=1S/C8H17O5P/c1-5-13-8(9)6-7(2)14(10,11-3)12-4/h7H,5-6H2,1-4H3. The summed E-state index contributed by atoms with van der Waals surface area (Å²) < 4.78 is 26.0. The van der Waals surface area contributed by atoms with Gasteiger partial charge in [-0.15, -0.1) is 0 Å². The summed E-state index contributed by atoms with van der Waals surface area (Å²) in [7, 11) is -0.555. The van der Waals surface area contributed by atoms with Gasteiger partial charge in [-0.2, -0.15) is 0 Å². The summed E-state index contributed by atoms with van der Waals surface area (Å²) in [4.78, 5) is 11.1. The number of hydrogen-bond donors (Lipinski definition) is 0. The van der Waals surface area contributed by atoms with Crippen molar-refractivity contribution in [2.75, 3.05) is 20.8 Å². The zero-order chi connectivity index (χ0) is 11.2. The van der Waals surface area contributed by atoms with Crippen molar-refractivity contribution in [1.29, 1.82) is 0 Å². The van der Waals surface area contributed by atoms with E-state index in [1.54, 1.807) is 13.8 Å². The number of rotatable bonds is 6. The van der Waals surface area contributed by atoms with E-state index in [1.807, 2.05) is 0 Å². The molecule has 0 heterocycles. The van der Waals surface area contributed by atoms with Crippen LogP contribution in [0.25, 0.3) is 0 Å². The smallest absolute Gasteiger partial charge is 0.333 e. The summed E-state index contributed by atoms with van der Waals surface area (Å²) in [6.45, 7) is 3.66. The Labute approximate surface area is 84.3 Å². The van der Waals surface area contributed by atoms with Gasteiger partial charge in [0.1, 0.15) is 0 Å². The fraction of sp³-hybridized carbons (Fsp3) is 0.875. The molecular formula is C8H17O5P. The van der Waals surface area contributed by atoms with E-state index in [-0.39, 0.29) is 6.42 Å². The molecule has 0 amide bonds. The zero-order valence-electron chi connectivity index (χ0n) is 8.98. The molecule has 0 aliphatic carbocycles. The maximum atomic E-state index is 11.7. The van der Waals surface area contributed by atoms with Gasteiger partial charge in [0.25, 0.3) is 0 Å². The van der Waals surface area contributed by atoms with E-state index < -0.39 is 19.2 Å². The lowest BCUT2D eigenvalue weighted by atomic mass is 10.3. The molecule has 0 aliphatic rings. The lowest BCUT2D eigenvalue weighted by molar-refractivity contribution is -0.143. The van der Waals surface area contributed by atoms with Crippen LogP contribution in [-0.4, -0.2) is 32.5 Å². The number of carbonyl (C=O) groups is 1. The van der Waals surface area contributed by atoms with E-state index in [4.69, 9.17) is 13.8 Å². The summed E-state index contributed by atoms with van der Waals surface area (Å²) in [6, 6.07) is 0. The molecule has 1 unspecified atom stereocenters. The highest BCUT2D eigenvalue weighted by Crippen LogP contribution is 2.52. The van der Waals surface area contributed by atoms with Crippen molar-refractivity contribution in [2.24, 2.45) is 0 Å². The second kappa shape index (κ2) is 6.17. The molecule has 0 aromatic rings. The van der Waals surface area contributed by atoms with Crippen LogP contribution >= 0.6 is 7.60 Å². The predicted octanol–water partition coefficient (Wildman–Crippen LogP) is 1.81. The molecule has 84 valence electrons. The van der Waals surface area contributed by atoms with Crippen molar-refractivity contribution in [1.82, 2.24) is 0 Å². The fourth-order valence-electron chi connectivity index (χ4n) is 1.01. The maximum Gasteiger partial charge on any atom is 0.333 e. The Morgan fingerprint density at radius 2 is 1.86 bits per heavy atom. The molecule has 0 aromatic heterocycles. The van der Waals surface area contributed by atoms with Crippen molar-refractivity contribution in [2.45, 2.75) is 25.9 Å². The molecule has 5 nitrogen and oxygen atoms in total. The van der Waals surface area contributed by atoms with E-state index in [9.17, 15) is 9.36 Å². The minimum absolute atomic E-state index is 0.0345. The lowest BCUT2D eigenvalue weighted by Gasteiger charge is -2.19. The molecular weight excluding hydrogens is 207 g/mol. The molecule has 0 aromatic carbocycles. The second-order valence-corrected chi connectivity index (χ2v) is 5.45. The molecule has 0 N–H and O–H groups in total. The van der Waals surface area contributed by atoms with Crippen LogP contribution in [0, 0.1) is 0 Å². The third-order valence-electron chi connectivity index (χ3n) is 1.82. The third-order valence-corrected chi connectivity index (χ3v) is 4.10. The van der Waals surface area contributed by atoms with Gasteiger partial charge < -0.3 is 13.8 Å². The highest BCUT2D eigenvalue weighted by molar-refractivity contribution is 7.54. The number of ether oxygens (including phenoxy) is 1. The van der Waals surface area contributed by atoms with Crippen LogP contribution < -0.4 is 0 Å². The van der Waals surface area contributed by atoms with E-state index in [2.05, 4.69) is 0 Å². The molecule has 0 radical (unpaired) electrons. The summed E-state index contributed by atoms with van der Waals surface area (Å²) in [5.41, 5.74) is -0.489. The van der Waals surface area contributed by atoms with E-state index >= 15 is 0 Å². The average molecular weight is 224 g/mol. The Morgan fingerprint density at radius 1 is 1.36 bits per heavy atom. The Kier molecular flexibility index (Phi) is 6.00. The first kappa shape index (κ1) is 13.6. The molecule has 0 spiro atoms. The molecule has 0 rings (SSSR count). The van der Waals surface area contributed by atoms with E-state index in [0.29, 0.717) is 6.61 Å². The molecule has 6 heteroatoms. The topological polar surface area (TPSA) is 61.8 Å². The average Bonchev–Trinajstić information content (AvgIpc) is 2.16. The largest absolute Gasteiger partial charge is 0.466 e. The zero-order valence-corrected chi connectivity index (χ0v) is 9.87. The van der Waals surface area contributed by atoms with Gasteiger partial charge in [-0.3, -0.25) is 9.36 Å². The highest BCUT2D eigenvalue weighted by atomic mass is 31.2. The van der Waals surface area contributed by atoms with E-state index in [1.165, 1.54) is 14.2 Å². The normalized spacial score (nSPS) is 13.7. The van der Waals surface area contributed by atoms with Gasteiger partial charge in [-0.05, 0) is 6.92 Å². The monoisotopic (exact) mass is 224 g/mol. The van der Waals surface area contributed by atoms with Crippen LogP contribution in [0.1, 0.15) is 20.3 Å². The minimum atomic E-state index is -3.15. The van der Waals surface area contributed by atoms with Gasteiger partial charge in [0.15, 0.2) is 0 Å². The van der Waals surface area contributed by atoms with Gasteiger partial charge in [0.05, 0.1) is 18.7 Å². The lowest BCUT2D eigenvalue weighted by Crippen LogP contribution is -2.15. The maximum absolute atomic E-state index is 11.7. The Morgan fingerprint density at radius 3 is 2.21 bits per heavy atom. The van der Waals surface area contributed by atoms with Crippen molar-refractivity contribution in [3.63, 3.8) is 0 Å². The fourth-order valence-corrected chi connectivity index (χ4v) is 2.25. The third kappa shape index (κ3) is 3.78. The predicted molar refractivity (Wildman–Crippen MR) is 52.3 cm³/mol. The van der Waals surface area contributed by atoms with Crippen LogP contribution in [-0.2, 0) is 23.1 Å². The summed E-state index contributed by atoms with van der Waals surface area (Å²) in [5, 5.41) is 0. The SMILES string of the molecule is CCOC(=O)CC(C)P(=O)(OC)OC. The summed E-state index contributed by atoms with van der Waals surface area (Å²) in [5.74, 6) is -0.394. The van der Waals surface area contributed by atoms with Crippen LogP contribution in [0.4, 0.5) is 0 Å². The quantitative estimate of drug-likeness (QED) is 0.508. The van der Waals surface area contributed by atoms with Crippen molar-refractivity contribution >= 4 is 13.6 Å². The van der Waals surface area contributed by atoms with E-state index in [0.717, 1.165) is 0 Å². The first-order valence-corrected chi connectivity index (χ1v) is 5.98. The molecule has 0 saturated carbocycles. The number of carbonyl (C=O) groups excluding carboxylic acids is 1. The van der Waals surface area contributed by atoms with Crippen LogP contribution in [0.2, 0.25) is 0 Å². The van der Waals surface area contributed by atoms with Crippen molar-refractivity contribution in [3.05, 3.63) is 0 Å². The Hall–Kier alpha value is -0.380. The van der Waals surface area contributed by atoms with Crippen molar-refractivity contribution in [3.8, 4) is 0 Å². The van der Waals surface area contributed by atoms with Crippen molar-refractivity contribution < 1.29 is 23.1 Å². The van der Waals surface area contributed by atoms with Gasteiger partial charge in [-0.25, -0.2) is 0 Å². The molecule has 0 fully saturated rings. The molecule has 14 heavy (non-hydrogen) atoms. The number of esters is 1. The van der Waals surface area contributed by atoms with Gasteiger partial charge in [-0.1, -0.05) is 6.92 Å². The van der Waals surface area contributed by atoms with Crippen LogP contribution in [0.5, 0.6) is 0 Å². The molecule has 0 bridgehead atoms. The van der Waals surface area contributed by atoms with Gasteiger partial charge in [0, 0.05) is 14.2 Å². The second-order valence-electron chi connectivity index (χ2n) is 2.76. The Bertz CT molecular complexity index is 220. The highest BCUT2D eigenvalue weighted by Gasteiger charge is 2.32.